The number of furan rings is 1. The van der Waals surface area contributed by atoms with Gasteiger partial charge in [0.1, 0.15) is 5.76 Å². The minimum Gasteiger partial charge on any atom is -0.469 e. The first kappa shape index (κ1) is 19.9. The first-order valence-corrected chi connectivity index (χ1v) is 11.7. The van der Waals surface area contributed by atoms with Gasteiger partial charge in [0.15, 0.2) is 0 Å². The first-order valence-electron chi connectivity index (χ1n) is 10.7. The lowest BCUT2D eigenvalue weighted by Gasteiger charge is -2.23. The van der Waals surface area contributed by atoms with Crippen molar-refractivity contribution in [1.29, 1.82) is 0 Å². The number of fused-ring (bicyclic) bond motifs is 2. The van der Waals surface area contributed by atoms with E-state index in [0.717, 1.165) is 54.1 Å². The Labute approximate surface area is 185 Å². The van der Waals surface area contributed by atoms with E-state index in [1.54, 1.807) is 6.26 Å². The maximum atomic E-state index is 13.1. The van der Waals surface area contributed by atoms with Crippen molar-refractivity contribution in [3.8, 4) is 0 Å². The number of thioether (sulfide) groups is 1. The third-order valence-electron chi connectivity index (χ3n) is 6.03. The van der Waals surface area contributed by atoms with Gasteiger partial charge in [0.05, 0.1) is 23.6 Å². The highest BCUT2D eigenvalue weighted by molar-refractivity contribution is 8.00. The van der Waals surface area contributed by atoms with Crippen LogP contribution < -0.4 is 10.2 Å². The fourth-order valence-corrected chi connectivity index (χ4v) is 5.39. The molecule has 2 heterocycles. The summed E-state index contributed by atoms with van der Waals surface area (Å²) in [5.41, 5.74) is 3.91. The Morgan fingerprint density at radius 1 is 1.06 bits per heavy atom. The number of nitrogens with zero attached hydrogens (tertiary/aromatic N) is 1. The number of carbonyl (C=O) groups is 2. The number of aryl methyl sites for hydroxylation is 1. The first-order chi connectivity index (χ1) is 15.2. The summed E-state index contributed by atoms with van der Waals surface area (Å²) in [4.78, 5) is 28.6. The molecule has 31 heavy (non-hydrogen) atoms. The molecule has 1 aliphatic heterocycles. The molecule has 1 unspecified atom stereocenters. The van der Waals surface area contributed by atoms with E-state index in [1.165, 1.54) is 17.3 Å². The van der Waals surface area contributed by atoms with Crippen molar-refractivity contribution >= 4 is 29.3 Å². The largest absolute Gasteiger partial charge is 0.469 e. The van der Waals surface area contributed by atoms with Gasteiger partial charge in [0.2, 0.25) is 5.91 Å². The van der Waals surface area contributed by atoms with E-state index in [2.05, 4.69) is 11.4 Å². The van der Waals surface area contributed by atoms with Crippen LogP contribution in [0.4, 0.5) is 5.69 Å². The normalized spacial score (nSPS) is 17.2. The Morgan fingerprint density at radius 2 is 1.90 bits per heavy atom. The Balaban J connectivity index is 1.27. The number of rotatable bonds is 5. The van der Waals surface area contributed by atoms with Gasteiger partial charge in [0.25, 0.3) is 5.91 Å². The summed E-state index contributed by atoms with van der Waals surface area (Å²) < 4.78 is 5.54. The topological polar surface area (TPSA) is 62.6 Å². The Kier molecular flexibility index (Phi) is 5.55. The zero-order valence-electron chi connectivity index (χ0n) is 17.2. The molecule has 0 fully saturated rings. The number of anilines is 1. The monoisotopic (exact) mass is 432 g/mol. The second-order valence-electron chi connectivity index (χ2n) is 7.93. The molecule has 3 aromatic rings. The Morgan fingerprint density at radius 3 is 2.84 bits per heavy atom. The molecule has 1 atom stereocenters. The molecule has 1 aliphatic carbocycles. The van der Waals surface area contributed by atoms with Crippen LogP contribution in [-0.2, 0) is 17.6 Å². The van der Waals surface area contributed by atoms with Gasteiger partial charge >= 0.3 is 0 Å². The molecule has 6 heteroatoms. The fourth-order valence-electron chi connectivity index (χ4n) is 4.47. The number of amides is 2. The highest BCUT2D eigenvalue weighted by Crippen LogP contribution is 2.32. The number of hydrogen-bond donors (Lipinski definition) is 1. The minimum atomic E-state index is -0.110. The van der Waals surface area contributed by atoms with Crippen LogP contribution in [0.1, 0.15) is 46.1 Å². The van der Waals surface area contributed by atoms with Crippen molar-refractivity contribution in [1.82, 2.24) is 5.32 Å². The second-order valence-corrected chi connectivity index (χ2v) is 8.94. The van der Waals surface area contributed by atoms with Crippen LogP contribution in [0.25, 0.3) is 0 Å². The third-order valence-corrected chi connectivity index (χ3v) is 7.09. The van der Waals surface area contributed by atoms with E-state index >= 15 is 0 Å². The standard InChI is InChI=1S/C25H24N2O3S/c28-24(27-14-12-17-6-1-3-9-21(17)27)16-31-23-11-4-2-7-19(23)25(29)26-20-8-5-10-22-18(20)13-15-30-22/h1-4,6-7,9,11,13,15,20H,5,8,10,12,14,16H2,(H,26,29). The maximum absolute atomic E-state index is 13.1. The Bertz CT molecular complexity index is 1120. The number of carbonyl (C=O) groups excluding carboxylic acids is 2. The summed E-state index contributed by atoms with van der Waals surface area (Å²) >= 11 is 1.42. The number of para-hydroxylation sites is 1. The SMILES string of the molecule is O=C(NC1CCCc2occc21)c1ccccc1SCC(=O)N1CCc2ccccc21. The molecule has 0 saturated heterocycles. The maximum Gasteiger partial charge on any atom is 0.252 e. The van der Waals surface area contributed by atoms with E-state index in [4.69, 9.17) is 4.42 Å². The van der Waals surface area contributed by atoms with E-state index in [9.17, 15) is 9.59 Å². The summed E-state index contributed by atoms with van der Waals surface area (Å²) in [7, 11) is 0. The van der Waals surface area contributed by atoms with Crippen molar-refractivity contribution in [2.75, 3.05) is 17.2 Å². The van der Waals surface area contributed by atoms with E-state index in [1.807, 2.05) is 53.4 Å². The van der Waals surface area contributed by atoms with Gasteiger partial charge in [0, 0.05) is 29.1 Å². The molecular formula is C25H24N2O3S. The quantitative estimate of drug-likeness (QED) is 0.590. The highest BCUT2D eigenvalue weighted by atomic mass is 32.2. The van der Waals surface area contributed by atoms with Gasteiger partial charge in [-0.1, -0.05) is 30.3 Å². The molecule has 1 aromatic heterocycles. The van der Waals surface area contributed by atoms with Gasteiger partial charge in [-0.05, 0) is 49.1 Å². The lowest BCUT2D eigenvalue weighted by molar-refractivity contribution is -0.116. The van der Waals surface area contributed by atoms with Crippen LogP contribution in [0, 0.1) is 0 Å². The smallest absolute Gasteiger partial charge is 0.252 e. The second kappa shape index (κ2) is 8.63. The summed E-state index contributed by atoms with van der Waals surface area (Å²) in [6, 6.07) is 17.5. The number of hydrogen-bond acceptors (Lipinski definition) is 4. The van der Waals surface area contributed by atoms with E-state index in [0.29, 0.717) is 11.3 Å². The predicted molar refractivity (Wildman–Crippen MR) is 122 cm³/mol. The molecule has 1 N–H and O–H groups in total. The van der Waals surface area contributed by atoms with Gasteiger partial charge in [-0.15, -0.1) is 11.8 Å². The van der Waals surface area contributed by atoms with Gasteiger partial charge in [-0.3, -0.25) is 9.59 Å². The molecule has 158 valence electrons. The van der Waals surface area contributed by atoms with Crippen LogP contribution in [-0.4, -0.2) is 24.1 Å². The number of nitrogens with one attached hydrogen (secondary N) is 1. The summed E-state index contributed by atoms with van der Waals surface area (Å²) in [5, 5.41) is 3.17. The predicted octanol–water partition coefficient (Wildman–Crippen LogP) is 4.77. The molecule has 5 nitrogen and oxygen atoms in total. The van der Waals surface area contributed by atoms with Crippen LogP contribution in [0.2, 0.25) is 0 Å². The van der Waals surface area contributed by atoms with Gasteiger partial charge < -0.3 is 14.6 Å². The average molecular weight is 433 g/mol. The molecule has 2 aliphatic rings. The minimum absolute atomic E-state index is 0.0317. The van der Waals surface area contributed by atoms with Crippen LogP contribution in [0.3, 0.4) is 0 Å². The van der Waals surface area contributed by atoms with E-state index in [-0.39, 0.29) is 17.9 Å². The van der Waals surface area contributed by atoms with Crippen LogP contribution in [0.5, 0.6) is 0 Å². The molecular weight excluding hydrogens is 408 g/mol. The summed E-state index contributed by atoms with van der Waals surface area (Å²) in [5.74, 6) is 1.23. The van der Waals surface area contributed by atoms with Crippen molar-refractivity contribution < 1.29 is 14.0 Å². The van der Waals surface area contributed by atoms with Crippen molar-refractivity contribution in [2.45, 2.75) is 36.6 Å². The number of benzene rings is 2. The molecule has 0 spiro atoms. The molecule has 0 bridgehead atoms. The van der Waals surface area contributed by atoms with Crippen molar-refractivity contribution in [2.24, 2.45) is 0 Å². The lowest BCUT2D eigenvalue weighted by atomic mass is 9.93. The summed E-state index contributed by atoms with van der Waals surface area (Å²) in [6.07, 6.45) is 5.40. The molecule has 2 aromatic carbocycles. The average Bonchev–Trinajstić information content (AvgIpc) is 3.45. The molecule has 0 radical (unpaired) electrons. The zero-order chi connectivity index (χ0) is 21.2. The van der Waals surface area contributed by atoms with Crippen LogP contribution in [0.15, 0.2) is 70.2 Å². The third kappa shape index (κ3) is 4.00. The lowest BCUT2D eigenvalue weighted by Crippen LogP contribution is -2.31. The summed E-state index contributed by atoms with van der Waals surface area (Å²) in [6.45, 7) is 0.718. The van der Waals surface area contributed by atoms with Gasteiger partial charge in [-0.25, -0.2) is 0 Å². The highest BCUT2D eigenvalue weighted by Gasteiger charge is 2.26. The van der Waals surface area contributed by atoms with Crippen LogP contribution >= 0.6 is 11.8 Å². The molecule has 2 amide bonds. The van der Waals surface area contributed by atoms with Crippen molar-refractivity contribution in [3.05, 3.63) is 83.3 Å². The fraction of sp³-hybridized carbons (Fsp3) is 0.280. The zero-order valence-corrected chi connectivity index (χ0v) is 18.0. The Hall–Kier alpha value is -2.99. The van der Waals surface area contributed by atoms with Gasteiger partial charge in [-0.2, -0.15) is 0 Å². The van der Waals surface area contributed by atoms with E-state index < -0.39 is 0 Å². The molecule has 0 saturated carbocycles. The van der Waals surface area contributed by atoms with Crippen molar-refractivity contribution in [3.63, 3.8) is 0 Å². The molecule has 5 rings (SSSR count).